The Morgan fingerprint density at radius 2 is 1.72 bits per heavy atom. The Bertz CT molecular complexity index is 809. The molecule has 0 spiro atoms. The lowest BCUT2D eigenvalue weighted by Crippen LogP contribution is -2.45. The van der Waals surface area contributed by atoms with Crippen molar-refractivity contribution in [2.24, 2.45) is 0 Å². The molecular formula is C23H32N4O2. The van der Waals surface area contributed by atoms with Crippen molar-refractivity contribution in [3.8, 4) is 0 Å². The third kappa shape index (κ3) is 3.90. The summed E-state index contributed by atoms with van der Waals surface area (Å²) in [5, 5.41) is 3.03. The van der Waals surface area contributed by atoms with Gasteiger partial charge in [-0.15, -0.1) is 0 Å². The maximum Gasteiger partial charge on any atom is 0.322 e. The van der Waals surface area contributed by atoms with Gasteiger partial charge in [-0.25, -0.2) is 4.79 Å². The molecule has 0 aromatic heterocycles. The molecular weight excluding hydrogens is 364 g/mol. The van der Waals surface area contributed by atoms with Crippen molar-refractivity contribution >= 4 is 11.9 Å². The smallest absolute Gasteiger partial charge is 0.322 e. The summed E-state index contributed by atoms with van der Waals surface area (Å²) < 4.78 is 0. The van der Waals surface area contributed by atoms with E-state index in [1.807, 2.05) is 17.0 Å². The van der Waals surface area contributed by atoms with E-state index in [0.717, 1.165) is 36.5 Å². The fraction of sp³-hybridized carbons (Fsp3) is 0.565. The second-order valence-corrected chi connectivity index (χ2v) is 8.75. The van der Waals surface area contributed by atoms with Gasteiger partial charge in [0.05, 0.1) is 23.9 Å². The second-order valence-electron chi connectivity index (χ2n) is 8.75. The Morgan fingerprint density at radius 3 is 2.38 bits per heavy atom. The lowest BCUT2D eigenvalue weighted by Gasteiger charge is -2.31. The highest BCUT2D eigenvalue weighted by atomic mass is 16.2. The van der Waals surface area contributed by atoms with Crippen LogP contribution in [0.5, 0.6) is 0 Å². The first-order valence-corrected chi connectivity index (χ1v) is 10.8. The van der Waals surface area contributed by atoms with E-state index in [1.54, 1.807) is 11.9 Å². The van der Waals surface area contributed by atoms with Gasteiger partial charge in [0.2, 0.25) is 0 Å². The van der Waals surface area contributed by atoms with Gasteiger partial charge in [0, 0.05) is 20.1 Å². The van der Waals surface area contributed by atoms with Crippen molar-refractivity contribution in [3.63, 3.8) is 0 Å². The highest BCUT2D eigenvalue weighted by Crippen LogP contribution is 2.36. The molecule has 3 aliphatic heterocycles. The molecule has 3 amide bonds. The number of piperidine rings is 1. The number of urea groups is 1. The van der Waals surface area contributed by atoms with Gasteiger partial charge in [0.15, 0.2) is 0 Å². The predicted molar refractivity (Wildman–Crippen MR) is 113 cm³/mol. The molecule has 0 aliphatic carbocycles. The summed E-state index contributed by atoms with van der Waals surface area (Å²) in [6, 6.07) is 7.76. The third-order valence-corrected chi connectivity index (χ3v) is 6.51. The van der Waals surface area contributed by atoms with E-state index in [4.69, 9.17) is 0 Å². The first kappa shape index (κ1) is 20.0. The minimum atomic E-state index is -0.373. The monoisotopic (exact) mass is 396 g/mol. The van der Waals surface area contributed by atoms with Crippen LogP contribution in [-0.2, 0) is 4.79 Å². The van der Waals surface area contributed by atoms with Crippen LogP contribution >= 0.6 is 0 Å². The Kier molecular flexibility index (Phi) is 5.63. The fourth-order valence-electron chi connectivity index (χ4n) is 4.57. The predicted octanol–water partition coefficient (Wildman–Crippen LogP) is 3.09. The Labute approximate surface area is 173 Å². The SMILES string of the molecule is CC(C)c1ccc(C2NC(=O)N(C)C3=C2C(=O)N(CCN2CCCCC2)C3)cc1. The quantitative estimate of drug-likeness (QED) is 0.832. The van der Waals surface area contributed by atoms with E-state index in [9.17, 15) is 9.59 Å². The molecule has 0 radical (unpaired) electrons. The number of benzene rings is 1. The number of carbonyl (C=O) groups excluding carboxylic acids is 2. The van der Waals surface area contributed by atoms with E-state index < -0.39 is 0 Å². The Morgan fingerprint density at radius 1 is 1.03 bits per heavy atom. The number of nitrogens with one attached hydrogen (secondary N) is 1. The lowest BCUT2D eigenvalue weighted by atomic mass is 9.93. The number of likely N-dealkylation sites (tertiary alicyclic amines) is 1. The maximum atomic E-state index is 13.3. The highest BCUT2D eigenvalue weighted by molar-refractivity contribution is 6.01. The van der Waals surface area contributed by atoms with E-state index in [1.165, 1.54) is 24.8 Å². The minimum Gasteiger partial charge on any atom is -0.332 e. The molecule has 29 heavy (non-hydrogen) atoms. The minimum absolute atomic E-state index is 0.0572. The Balaban J connectivity index is 1.53. The maximum absolute atomic E-state index is 13.3. The first-order valence-electron chi connectivity index (χ1n) is 10.8. The summed E-state index contributed by atoms with van der Waals surface area (Å²) in [6.45, 7) is 8.71. The molecule has 6 nitrogen and oxygen atoms in total. The summed E-state index contributed by atoms with van der Waals surface area (Å²) in [5.41, 5.74) is 3.79. The van der Waals surface area contributed by atoms with E-state index >= 15 is 0 Å². The second kappa shape index (κ2) is 8.19. The molecule has 1 aromatic carbocycles. The van der Waals surface area contributed by atoms with Crippen LogP contribution in [-0.4, -0.2) is 66.4 Å². The van der Waals surface area contributed by atoms with Gasteiger partial charge < -0.3 is 15.1 Å². The summed E-state index contributed by atoms with van der Waals surface area (Å²) in [5.74, 6) is 0.506. The molecule has 156 valence electrons. The van der Waals surface area contributed by atoms with Crippen molar-refractivity contribution in [1.29, 1.82) is 0 Å². The van der Waals surface area contributed by atoms with Crippen LogP contribution in [0, 0.1) is 0 Å². The van der Waals surface area contributed by atoms with Crippen molar-refractivity contribution < 1.29 is 9.59 Å². The molecule has 1 unspecified atom stereocenters. The van der Waals surface area contributed by atoms with Gasteiger partial charge in [-0.3, -0.25) is 9.69 Å². The van der Waals surface area contributed by atoms with Crippen LogP contribution in [0.25, 0.3) is 0 Å². The van der Waals surface area contributed by atoms with Crippen LogP contribution in [0.1, 0.15) is 56.2 Å². The standard InChI is InChI=1S/C23H32N4O2/c1-16(2)17-7-9-18(10-8-17)21-20-19(25(3)23(29)24-21)15-27(22(20)28)14-13-26-11-5-4-6-12-26/h7-10,16,21H,4-6,11-15H2,1-3H3,(H,24,29). The number of hydrogen-bond donors (Lipinski definition) is 1. The number of nitrogens with zero attached hydrogens (tertiary/aromatic N) is 3. The van der Waals surface area contributed by atoms with E-state index in [0.29, 0.717) is 19.0 Å². The molecule has 6 heteroatoms. The Hall–Kier alpha value is -2.34. The van der Waals surface area contributed by atoms with Gasteiger partial charge in [0.25, 0.3) is 5.91 Å². The largest absolute Gasteiger partial charge is 0.332 e. The van der Waals surface area contributed by atoms with Crippen molar-refractivity contribution in [2.75, 3.05) is 39.8 Å². The number of carbonyl (C=O) groups is 2. The molecule has 1 aromatic rings. The fourth-order valence-corrected chi connectivity index (χ4v) is 4.57. The van der Waals surface area contributed by atoms with Gasteiger partial charge in [-0.2, -0.15) is 0 Å². The van der Waals surface area contributed by atoms with Gasteiger partial charge in [-0.05, 0) is 43.0 Å². The zero-order chi connectivity index (χ0) is 20.5. The van der Waals surface area contributed by atoms with Gasteiger partial charge >= 0.3 is 6.03 Å². The molecule has 1 N–H and O–H groups in total. The van der Waals surface area contributed by atoms with Gasteiger partial charge in [-0.1, -0.05) is 44.5 Å². The zero-order valence-corrected chi connectivity index (χ0v) is 17.8. The normalized spacial score (nSPS) is 23.1. The number of hydrogen-bond acceptors (Lipinski definition) is 3. The summed E-state index contributed by atoms with van der Waals surface area (Å²) >= 11 is 0. The number of amides is 3. The molecule has 0 bridgehead atoms. The molecule has 3 aliphatic rings. The van der Waals surface area contributed by atoms with Crippen LogP contribution in [0.4, 0.5) is 4.79 Å². The summed E-state index contributed by atoms with van der Waals surface area (Å²) in [7, 11) is 1.75. The van der Waals surface area contributed by atoms with E-state index in [-0.39, 0.29) is 18.0 Å². The zero-order valence-electron chi connectivity index (χ0n) is 17.8. The summed E-state index contributed by atoms with van der Waals surface area (Å²) in [6.07, 6.45) is 3.81. The highest BCUT2D eigenvalue weighted by Gasteiger charge is 2.42. The molecule has 0 saturated carbocycles. The van der Waals surface area contributed by atoms with Gasteiger partial charge in [0.1, 0.15) is 0 Å². The van der Waals surface area contributed by atoms with Crippen LogP contribution in [0.15, 0.2) is 35.5 Å². The lowest BCUT2D eigenvalue weighted by molar-refractivity contribution is -0.126. The third-order valence-electron chi connectivity index (χ3n) is 6.51. The summed E-state index contributed by atoms with van der Waals surface area (Å²) in [4.78, 5) is 31.8. The number of likely N-dealkylation sites (N-methyl/N-ethyl adjacent to an activating group) is 1. The molecule has 1 atom stereocenters. The molecule has 4 rings (SSSR count). The van der Waals surface area contributed by atoms with E-state index in [2.05, 4.69) is 36.2 Å². The van der Waals surface area contributed by atoms with Crippen LogP contribution in [0.2, 0.25) is 0 Å². The van der Waals surface area contributed by atoms with Crippen molar-refractivity contribution in [1.82, 2.24) is 20.0 Å². The van der Waals surface area contributed by atoms with Crippen molar-refractivity contribution in [2.45, 2.75) is 45.1 Å². The molecule has 1 fully saturated rings. The number of rotatable bonds is 5. The average Bonchev–Trinajstić information content (AvgIpc) is 3.07. The topological polar surface area (TPSA) is 55.9 Å². The molecule has 3 heterocycles. The molecule has 1 saturated heterocycles. The first-order chi connectivity index (χ1) is 14.0. The average molecular weight is 397 g/mol. The van der Waals surface area contributed by atoms with Crippen molar-refractivity contribution in [3.05, 3.63) is 46.7 Å². The van der Waals surface area contributed by atoms with Crippen LogP contribution < -0.4 is 5.32 Å². The van der Waals surface area contributed by atoms with Crippen LogP contribution in [0.3, 0.4) is 0 Å².